The quantitative estimate of drug-likeness (QED) is 0.176. The van der Waals surface area contributed by atoms with Gasteiger partial charge in [-0.05, 0) is 60.9 Å². The zero-order valence-electron chi connectivity index (χ0n) is 26.6. The van der Waals surface area contributed by atoms with Gasteiger partial charge in [-0.25, -0.2) is 9.59 Å². The third-order valence-corrected chi connectivity index (χ3v) is 6.83. The number of carbonyl (C=O) groups is 4. The van der Waals surface area contributed by atoms with Crippen molar-refractivity contribution in [2.75, 3.05) is 26.7 Å². The Balaban J connectivity index is 0.000000500. The van der Waals surface area contributed by atoms with Crippen molar-refractivity contribution in [3.8, 4) is 16.9 Å². The second-order valence-electron chi connectivity index (χ2n) is 10.8. The second-order valence-corrected chi connectivity index (χ2v) is 10.8. The highest BCUT2D eigenvalue weighted by Gasteiger charge is 2.38. The van der Waals surface area contributed by atoms with Crippen molar-refractivity contribution in [1.82, 2.24) is 15.5 Å². The Labute approximate surface area is 277 Å². The summed E-state index contributed by atoms with van der Waals surface area (Å²) < 4.78 is 69.1. The second kappa shape index (κ2) is 18.0. The Morgan fingerprint density at radius 3 is 2.02 bits per heavy atom. The number of carbonyl (C=O) groups excluding carboxylic acids is 2. The maximum absolute atomic E-state index is 12.7. The molecule has 0 bridgehead atoms. The van der Waals surface area contributed by atoms with E-state index >= 15 is 0 Å². The van der Waals surface area contributed by atoms with Crippen LogP contribution in [0.4, 0.5) is 26.3 Å². The average Bonchev–Trinajstić information content (AvgIpc) is 3.03. The van der Waals surface area contributed by atoms with Gasteiger partial charge in [0.2, 0.25) is 0 Å². The van der Waals surface area contributed by atoms with Gasteiger partial charge in [-0.2, -0.15) is 26.3 Å². The monoisotopic (exact) mass is 699 g/mol. The van der Waals surface area contributed by atoms with E-state index in [2.05, 4.69) is 52.8 Å². The van der Waals surface area contributed by atoms with Crippen LogP contribution in [0.2, 0.25) is 0 Å². The van der Waals surface area contributed by atoms with Crippen molar-refractivity contribution in [3.05, 3.63) is 89.0 Å². The number of halogens is 6. The molecule has 16 heteroatoms. The summed E-state index contributed by atoms with van der Waals surface area (Å²) in [5, 5.41) is 20.7. The predicted molar refractivity (Wildman–Crippen MR) is 166 cm³/mol. The summed E-state index contributed by atoms with van der Waals surface area (Å²) in [5.41, 5.74) is 5.32. The standard InChI is InChI=1S/C29H33N3O3.2C2HF3O2/c1-20-18-32(13-12-30-20)19-23-6-4-8-25(14-23)27-15-22(10-11-28(27)35-3)17-31-29(34)26-9-5-7-24(16-26)21(2)33;2*3-2(4,5)1(6)7/h4-11,14-16,20,30H,12-13,17-19H2,1-3H3,(H,31,34);2*(H,6,7)/t20-;;/m0../s1. The van der Waals surface area contributed by atoms with Crippen molar-refractivity contribution in [1.29, 1.82) is 0 Å². The number of piperazine rings is 1. The summed E-state index contributed by atoms with van der Waals surface area (Å²) in [6.07, 6.45) is -10.2. The molecule has 0 spiro atoms. The third kappa shape index (κ3) is 13.6. The topological polar surface area (TPSA) is 145 Å². The predicted octanol–water partition coefficient (Wildman–Crippen LogP) is 5.56. The van der Waals surface area contributed by atoms with E-state index < -0.39 is 24.3 Å². The number of hydrogen-bond donors (Lipinski definition) is 4. The highest BCUT2D eigenvalue weighted by atomic mass is 19.4. The molecule has 0 aliphatic carbocycles. The molecule has 10 nitrogen and oxygen atoms in total. The zero-order valence-corrected chi connectivity index (χ0v) is 26.6. The molecule has 49 heavy (non-hydrogen) atoms. The van der Waals surface area contributed by atoms with Gasteiger partial charge in [-0.1, -0.05) is 36.4 Å². The zero-order chi connectivity index (χ0) is 36.9. The van der Waals surface area contributed by atoms with Crippen LogP contribution in [0, 0.1) is 0 Å². The van der Waals surface area contributed by atoms with E-state index in [0.717, 1.165) is 48.6 Å². The minimum Gasteiger partial charge on any atom is -0.496 e. The van der Waals surface area contributed by atoms with Crippen LogP contribution in [0.25, 0.3) is 11.1 Å². The normalized spacial score (nSPS) is 14.7. The Morgan fingerprint density at radius 2 is 1.47 bits per heavy atom. The molecule has 1 atom stereocenters. The van der Waals surface area contributed by atoms with Gasteiger partial charge >= 0.3 is 24.3 Å². The molecule has 3 aromatic carbocycles. The summed E-state index contributed by atoms with van der Waals surface area (Å²) >= 11 is 0. The smallest absolute Gasteiger partial charge is 0.490 e. The van der Waals surface area contributed by atoms with Crippen LogP contribution in [0.3, 0.4) is 0 Å². The molecule has 0 aromatic heterocycles. The van der Waals surface area contributed by atoms with Gasteiger partial charge in [0, 0.05) is 55.5 Å². The van der Waals surface area contributed by atoms with Crippen LogP contribution >= 0.6 is 0 Å². The lowest BCUT2D eigenvalue weighted by atomic mass is 9.99. The highest BCUT2D eigenvalue weighted by molar-refractivity contribution is 5.99. The SMILES string of the molecule is COc1ccc(CNC(=O)c2cccc(C(C)=O)c2)cc1-c1cccc(CN2CCN[C@@H](C)C2)c1.O=C(O)C(F)(F)F.O=C(O)C(F)(F)F. The molecular weight excluding hydrogens is 664 g/mol. The molecule has 0 unspecified atom stereocenters. The molecule has 0 saturated carbocycles. The van der Waals surface area contributed by atoms with Gasteiger partial charge in [0.1, 0.15) is 5.75 Å². The van der Waals surface area contributed by atoms with Crippen LogP contribution in [0.5, 0.6) is 5.75 Å². The van der Waals surface area contributed by atoms with E-state index in [1.54, 1.807) is 31.4 Å². The lowest BCUT2D eigenvalue weighted by Gasteiger charge is -2.31. The van der Waals surface area contributed by atoms with Crippen molar-refractivity contribution >= 4 is 23.6 Å². The number of alkyl halides is 6. The molecule has 1 heterocycles. The maximum Gasteiger partial charge on any atom is 0.490 e. The van der Waals surface area contributed by atoms with Crippen LogP contribution in [0.15, 0.2) is 66.7 Å². The lowest BCUT2D eigenvalue weighted by molar-refractivity contribution is -0.193. The first-order valence-electron chi connectivity index (χ1n) is 14.5. The van der Waals surface area contributed by atoms with Gasteiger partial charge < -0.3 is 25.6 Å². The van der Waals surface area contributed by atoms with E-state index in [9.17, 15) is 35.9 Å². The number of Topliss-reactive ketones (excluding diaryl/α,β-unsaturated/α-hetero) is 1. The molecule has 1 fully saturated rings. The number of carboxylic acid groups (broad SMARTS) is 2. The largest absolute Gasteiger partial charge is 0.496 e. The van der Waals surface area contributed by atoms with Crippen LogP contribution in [-0.2, 0) is 22.7 Å². The highest BCUT2D eigenvalue weighted by Crippen LogP contribution is 2.32. The van der Waals surface area contributed by atoms with Crippen molar-refractivity contribution in [2.24, 2.45) is 0 Å². The van der Waals surface area contributed by atoms with Gasteiger partial charge in [-0.15, -0.1) is 0 Å². The molecule has 4 N–H and O–H groups in total. The molecule has 1 amide bonds. The average molecular weight is 700 g/mol. The first-order valence-corrected chi connectivity index (χ1v) is 14.5. The molecule has 4 rings (SSSR count). The number of rotatable bonds is 8. The Kier molecular flexibility index (Phi) is 14.8. The Morgan fingerprint density at radius 1 is 0.878 bits per heavy atom. The van der Waals surface area contributed by atoms with Crippen LogP contribution in [-0.4, -0.2) is 83.9 Å². The van der Waals surface area contributed by atoms with Crippen molar-refractivity contribution in [2.45, 2.75) is 45.3 Å². The summed E-state index contributed by atoms with van der Waals surface area (Å²) in [6, 6.07) is 21.8. The first kappa shape index (κ1) is 40.2. The van der Waals surface area contributed by atoms with E-state index in [1.165, 1.54) is 12.5 Å². The lowest BCUT2D eigenvalue weighted by Crippen LogP contribution is -2.48. The van der Waals surface area contributed by atoms with E-state index in [-0.39, 0.29) is 11.7 Å². The number of benzene rings is 3. The van der Waals surface area contributed by atoms with Gasteiger partial charge in [0.05, 0.1) is 7.11 Å². The van der Waals surface area contributed by atoms with Gasteiger partial charge in [0.15, 0.2) is 5.78 Å². The van der Waals surface area contributed by atoms with E-state index in [4.69, 9.17) is 24.5 Å². The minimum absolute atomic E-state index is 0.0619. The van der Waals surface area contributed by atoms with Gasteiger partial charge in [0.25, 0.3) is 5.91 Å². The fraction of sp³-hybridized carbons (Fsp3) is 0.333. The number of ketones is 1. The van der Waals surface area contributed by atoms with Crippen LogP contribution in [0.1, 0.15) is 45.7 Å². The number of ether oxygens (including phenoxy) is 1. The number of nitrogens with zero attached hydrogens (tertiary/aromatic N) is 1. The molecule has 0 radical (unpaired) electrons. The number of nitrogens with one attached hydrogen (secondary N) is 2. The Bertz CT molecular complexity index is 1590. The number of amides is 1. The summed E-state index contributed by atoms with van der Waals surface area (Å²) in [6.45, 7) is 8.10. The first-order chi connectivity index (χ1) is 22.8. The minimum atomic E-state index is -5.08. The van der Waals surface area contributed by atoms with Crippen molar-refractivity contribution in [3.63, 3.8) is 0 Å². The molecule has 1 saturated heterocycles. The summed E-state index contributed by atoms with van der Waals surface area (Å²) in [5.74, 6) is -4.99. The Hall–Kier alpha value is -4.96. The number of hydrogen-bond acceptors (Lipinski definition) is 7. The fourth-order valence-corrected chi connectivity index (χ4v) is 4.51. The van der Waals surface area contributed by atoms with E-state index in [0.29, 0.717) is 23.7 Å². The third-order valence-electron chi connectivity index (χ3n) is 6.83. The summed E-state index contributed by atoms with van der Waals surface area (Å²) in [4.78, 5) is 44.6. The van der Waals surface area contributed by atoms with Crippen LogP contribution < -0.4 is 15.4 Å². The summed E-state index contributed by atoms with van der Waals surface area (Å²) in [7, 11) is 1.67. The molecule has 1 aliphatic heterocycles. The molecule has 266 valence electrons. The van der Waals surface area contributed by atoms with Crippen molar-refractivity contribution < 1.29 is 60.5 Å². The maximum atomic E-state index is 12.7. The molecular formula is C33H35F6N3O7. The van der Waals surface area contributed by atoms with Gasteiger partial charge in [-0.3, -0.25) is 14.5 Å². The fourth-order valence-electron chi connectivity index (χ4n) is 4.51. The molecule has 1 aliphatic rings. The number of carboxylic acids is 2. The number of aliphatic carboxylic acids is 2. The van der Waals surface area contributed by atoms with E-state index in [1.807, 2.05) is 12.1 Å². The number of methoxy groups -OCH3 is 1. The molecule has 3 aromatic rings.